The zero-order valence-electron chi connectivity index (χ0n) is 13.1. The van der Waals surface area contributed by atoms with Crippen LogP contribution >= 0.6 is 0 Å². The summed E-state index contributed by atoms with van der Waals surface area (Å²) in [5.74, 6) is -0.547. The molecule has 0 radical (unpaired) electrons. The Bertz CT molecular complexity index is 890. The molecule has 0 spiro atoms. The number of pyridine rings is 1. The number of halogens is 1. The van der Waals surface area contributed by atoms with Gasteiger partial charge < -0.3 is 5.32 Å². The highest BCUT2D eigenvalue weighted by Crippen LogP contribution is 2.20. The van der Waals surface area contributed by atoms with Gasteiger partial charge in [0, 0.05) is 23.2 Å². The Kier molecular flexibility index (Phi) is 4.06. The molecule has 4 heteroatoms. The third-order valence-corrected chi connectivity index (χ3v) is 3.73. The summed E-state index contributed by atoms with van der Waals surface area (Å²) in [4.78, 5) is 17.0. The normalized spacial score (nSPS) is 10.7. The van der Waals surface area contributed by atoms with Gasteiger partial charge in [0.15, 0.2) is 0 Å². The summed E-state index contributed by atoms with van der Waals surface area (Å²) in [5, 5.41) is 3.60. The molecule has 0 atom stereocenters. The van der Waals surface area contributed by atoms with E-state index in [4.69, 9.17) is 0 Å². The van der Waals surface area contributed by atoms with Crippen molar-refractivity contribution in [3.63, 3.8) is 0 Å². The Hall–Kier alpha value is -2.75. The SMILES string of the molecule is Cc1ccc2nc(C)cc(C(=O)NCc3ccccc3F)c2c1. The predicted molar refractivity (Wildman–Crippen MR) is 88.8 cm³/mol. The van der Waals surface area contributed by atoms with Gasteiger partial charge in [-0.25, -0.2) is 4.39 Å². The number of fused-ring (bicyclic) bond motifs is 1. The Morgan fingerprint density at radius 2 is 1.91 bits per heavy atom. The third-order valence-electron chi connectivity index (χ3n) is 3.73. The highest BCUT2D eigenvalue weighted by molar-refractivity contribution is 6.06. The number of aryl methyl sites for hydroxylation is 2. The van der Waals surface area contributed by atoms with E-state index in [1.165, 1.54) is 6.07 Å². The summed E-state index contributed by atoms with van der Waals surface area (Å²) in [7, 11) is 0. The van der Waals surface area contributed by atoms with E-state index in [0.717, 1.165) is 22.2 Å². The van der Waals surface area contributed by atoms with E-state index < -0.39 is 0 Å². The van der Waals surface area contributed by atoms with Crippen molar-refractivity contribution in [3.8, 4) is 0 Å². The first-order valence-electron chi connectivity index (χ1n) is 7.44. The van der Waals surface area contributed by atoms with Crippen LogP contribution in [0, 0.1) is 19.7 Å². The van der Waals surface area contributed by atoms with Gasteiger partial charge in [-0.3, -0.25) is 9.78 Å². The van der Waals surface area contributed by atoms with Gasteiger partial charge >= 0.3 is 0 Å². The molecule has 0 saturated carbocycles. The molecule has 3 rings (SSSR count). The van der Waals surface area contributed by atoms with Crippen LogP contribution in [0.25, 0.3) is 10.9 Å². The number of hydrogen-bond acceptors (Lipinski definition) is 2. The average molecular weight is 308 g/mol. The molecule has 3 aromatic rings. The van der Waals surface area contributed by atoms with Crippen LogP contribution in [-0.4, -0.2) is 10.9 Å². The number of carbonyl (C=O) groups excluding carboxylic acids is 1. The molecule has 0 aliphatic heterocycles. The van der Waals surface area contributed by atoms with E-state index in [9.17, 15) is 9.18 Å². The quantitative estimate of drug-likeness (QED) is 0.797. The zero-order chi connectivity index (χ0) is 16.4. The standard InChI is InChI=1S/C19H17FN2O/c1-12-7-8-18-15(9-12)16(10-13(2)22-18)19(23)21-11-14-5-3-4-6-17(14)20/h3-10H,11H2,1-2H3,(H,21,23). The Balaban J connectivity index is 1.91. The molecule has 0 aliphatic rings. The van der Waals surface area contributed by atoms with Crippen LogP contribution in [0.5, 0.6) is 0 Å². The van der Waals surface area contributed by atoms with Crippen LogP contribution in [0.15, 0.2) is 48.5 Å². The number of benzene rings is 2. The maximum absolute atomic E-state index is 13.7. The topological polar surface area (TPSA) is 42.0 Å². The molecule has 0 fully saturated rings. The first-order valence-corrected chi connectivity index (χ1v) is 7.44. The van der Waals surface area contributed by atoms with Crippen LogP contribution in [-0.2, 0) is 6.54 Å². The lowest BCUT2D eigenvalue weighted by atomic mass is 10.0. The fourth-order valence-electron chi connectivity index (χ4n) is 2.57. The van der Waals surface area contributed by atoms with E-state index in [2.05, 4.69) is 10.3 Å². The molecular formula is C19H17FN2O. The van der Waals surface area contributed by atoms with Crippen LogP contribution in [0.2, 0.25) is 0 Å². The number of nitrogens with one attached hydrogen (secondary N) is 1. The Morgan fingerprint density at radius 3 is 2.70 bits per heavy atom. The summed E-state index contributed by atoms with van der Waals surface area (Å²) in [6.45, 7) is 3.98. The van der Waals surface area contributed by atoms with E-state index in [1.807, 2.05) is 32.0 Å². The van der Waals surface area contributed by atoms with E-state index in [-0.39, 0.29) is 18.3 Å². The number of aromatic nitrogens is 1. The molecule has 1 heterocycles. The summed E-state index contributed by atoms with van der Waals surface area (Å²) in [6, 6.07) is 14.0. The first kappa shape index (κ1) is 15.2. The molecule has 0 unspecified atom stereocenters. The second kappa shape index (κ2) is 6.16. The van der Waals surface area contributed by atoms with Crippen molar-refractivity contribution < 1.29 is 9.18 Å². The fraction of sp³-hybridized carbons (Fsp3) is 0.158. The summed E-state index contributed by atoms with van der Waals surface area (Å²) < 4.78 is 13.7. The van der Waals surface area contributed by atoms with Gasteiger partial charge in [-0.05, 0) is 38.1 Å². The van der Waals surface area contributed by atoms with Crippen LogP contribution in [0.4, 0.5) is 4.39 Å². The Labute approximate surface area is 134 Å². The van der Waals surface area contributed by atoms with Crippen molar-refractivity contribution in [2.75, 3.05) is 0 Å². The lowest BCUT2D eigenvalue weighted by Gasteiger charge is -2.10. The van der Waals surface area contributed by atoms with Crippen molar-refractivity contribution in [2.24, 2.45) is 0 Å². The van der Waals surface area contributed by atoms with Gasteiger partial charge in [-0.15, -0.1) is 0 Å². The lowest BCUT2D eigenvalue weighted by molar-refractivity contribution is 0.0952. The second-order valence-electron chi connectivity index (χ2n) is 5.61. The van der Waals surface area contributed by atoms with Gasteiger partial charge in [-0.2, -0.15) is 0 Å². The monoisotopic (exact) mass is 308 g/mol. The molecule has 3 nitrogen and oxygen atoms in total. The average Bonchev–Trinajstić information content (AvgIpc) is 2.53. The van der Waals surface area contributed by atoms with E-state index in [1.54, 1.807) is 24.3 Å². The van der Waals surface area contributed by atoms with Gasteiger partial charge in [0.25, 0.3) is 5.91 Å². The summed E-state index contributed by atoms with van der Waals surface area (Å²) >= 11 is 0. The van der Waals surface area contributed by atoms with E-state index in [0.29, 0.717) is 11.1 Å². The molecular weight excluding hydrogens is 291 g/mol. The van der Waals surface area contributed by atoms with Crippen molar-refractivity contribution in [1.82, 2.24) is 10.3 Å². The number of amides is 1. The smallest absolute Gasteiger partial charge is 0.252 e. The number of rotatable bonds is 3. The molecule has 1 N–H and O–H groups in total. The minimum Gasteiger partial charge on any atom is -0.348 e. The Morgan fingerprint density at radius 1 is 1.13 bits per heavy atom. The molecule has 0 bridgehead atoms. The molecule has 0 aliphatic carbocycles. The number of hydrogen-bond donors (Lipinski definition) is 1. The molecule has 116 valence electrons. The first-order chi connectivity index (χ1) is 11.0. The van der Waals surface area contributed by atoms with Crippen LogP contribution in [0.1, 0.15) is 27.2 Å². The van der Waals surface area contributed by atoms with Gasteiger partial charge in [0.1, 0.15) is 5.82 Å². The molecule has 1 aromatic heterocycles. The maximum atomic E-state index is 13.7. The second-order valence-corrected chi connectivity index (χ2v) is 5.61. The van der Waals surface area contributed by atoms with Crippen LogP contribution in [0.3, 0.4) is 0 Å². The molecule has 0 saturated heterocycles. The molecule has 2 aromatic carbocycles. The van der Waals surface area contributed by atoms with Crippen molar-refractivity contribution in [2.45, 2.75) is 20.4 Å². The number of nitrogens with zero attached hydrogens (tertiary/aromatic N) is 1. The predicted octanol–water partition coefficient (Wildman–Crippen LogP) is 3.92. The third kappa shape index (κ3) is 3.21. The lowest BCUT2D eigenvalue weighted by Crippen LogP contribution is -2.23. The minimum atomic E-state index is -0.320. The zero-order valence-corrected chi connectivity index (χ0v) is 13.1. The highest BCUT2D eigenvalue weighted by Gasteiger charge is 2.12. The summed E-state index contributed by atoms with van der Waals surface area (Å²) in [6.07, 6.45) is 0. The van der Waals surface area contributed by atoms with Crippen molar-refractivity contribution in [1.29, 1.82) is 0 Å². The largest absolute Gasteiger partial charge is 0.348 e. The van der Waals surface area contributed by atoms with Gasteiger partial charge in [0.2, 0.25) is 0 Å². The number of carbonyl (C=O) groups is 1. The van der Waals surface area contributed by atoms with Crippen molar-refractivity contribution in [3.05, 3.63) is 76.7 Å². The molecule has 1 amide bonds. The van der Waals surface area contributed by atoms with Crippen LogP contribution < -0.4 is 5.32 Å². The highest BCUT2D eigenvalue weighted by atomic mass is 19.1. The summed E-state index contributed by atoms with van der Waals surface area (Å²) in [5.41, 5.74) is 3.65. The molecule has 23 heavy (non-hydrogen) atoms. The fourth-order valence-corrected chi connectivity index (χ4v) is 2.57. The van der Waals surface area contributed by atoms with E-state index >= 15 is 0 Å². The minimum absolute atomic E-state index is 0.153. The maximum Gasteiger partial charge on any atom is 0.252 e. The van der Waals surface area contributed by atoms with Crippen molar-refractivity contribution >= 4 is 16.8 Å². The van der Waals surface area contributed by atoms with Gasteiger partial charge in [0.05, 0.1) is 11.1 Å². The van der Waals surface area contributed by atoms with Gasteiger partial charge in [-0.1, -0.05) is 29.8 Å².